The van der Waals surface area contributed by atoms with Gasteiger partial charge >= 0.3 is 6.09 Å². The molecule has 0 saturated heterocycles. The van der Waals surface area contributed by atoms with Gasteiger partial charge in [0.05, 0.1) is 26.7 Å². The van der Waals surface area contributed by atoms with E-state index in [1.807, 2.05) is 32.0 Å². The largest absolute Gasteiger partial charge is 0.446 e. The van der Waals surface area contributed by atoms with Crippen LogP contribution in [-0.2, 0) is 9.53 Å². The second-order valence-corrected chi connectivity index (χ2v) is 16.4. The minimum atomic E-state index is -1.69. The average Bonchev–Trinajstić information content (AvgIpc) is 3.22. The lowest BCUT2D eigenvalue weighted by Crippen LogP contribution is -2.55. The Bertz CT molecular complexity index is 1010. The van der Waals surface area contributed by atoms with Crippen LogP contribution in [0.15, 0.2) is 46.5 Å². The van der Waals surface area contributed by atoms with Gasteiger partial charge in [-0.2, -0.15) is 0 Å². The van der Waals surface area contributed by atoms with Gasteiger partial charge in [0.2, 0.25) is 5.91 Å². The van der Waals surface area contributed by atoms with E-state index < -0.39 is 25.8 Å². The van der Waals surface area contributed by atoms with E-state index in [4.69, 9.17) is 4.74 Å². The van der Waals surface area contributed by atoms with Crippen molar-refractivity contribution >= 4 is 25.9 Å². The fraction of sp³-hybridized carbons (Fsp3) is 0.560. The molecule has 2 amide bonds. The molecule has 7 nitrogen and oxygen atoms in total. The number of hydrogen-bond donors (Lipinski definition) is 2. The van der Waals surface area contributed by atoms with Crippen LogP contribution in [0.4, 0.5) is 4.79 Å². The summed E-state index contributed by atoms with van der Waals surface area (Å²) in [7, 11) is -1.69. The van der Waals surface area contributed by atoms with E-state index in [2.05, 4.69) is 30.0 Å². The number of ether oxygens (including phenoxy) is 1. The third-order valence-electron chi connectivity index (χ3n) is 7.85. The van der Waals surface area contributed by atoms with Crippen molar-refractivity contribution in [2.75, 3.05) is 19.7 Å². The number of aliphatic hydroxyl groups is 1. The molecule has 2 aliphatic heterocycles. The van der Waals surface area contributed by atoms with Crippen LogP contribution < -0.4 is 5.32 Å². The van der Waals surface area contributed by atoms with Gasteiger partial charge in [-0.3, -0.25) is 14.7 Å². The quantitative estimate of drug-likeness (QED) is 0.637. The zero-order valence-electron chi connectivity index (χ0n) is 20.3. The lowest BCUT2D eigenvalue weighted by Gasteiger charge is -2.49. The number of nitrogens with zero attached hydrogens (tertiary/aromatic N) is 2. The van der Waals surface area contributed by atoms with Crippen LogP contribution in [-0.4, -0.2) is 61.2 Å². The topological polar surface area (TPSA) is 91.2 Å². The number of hydrogen-bond acceptors (Lipinski definition) is 5. The van der Waals surface area contributed by atoms with Gasteiger partial charge in [0.15, 0.2) is 0 Å². The molecule has 1 aromatic rings. The molecular formula is C25H35N3O4Si. The fourth-order valence-electron chi connectivity index (χ4n) is 5.23. The van der Waals surface area contributed by atoms with E-state index in [0.717, 1.165) is 30.4 Å². The van der Waals surface area contributed by atoms with Crippen molar-refractivity contribution in [2.45, 2.75) is 69.4 Å². The lowest BCUT2D eigenvalue weighted by atomic mass is 9.83. The fourth-order valence-corrected chi connectivity index (χ4v) is 7.82. The molecule has 8 heteroatoms. The zero-order valence-corrected chi connectivity index (χ0v) is 21.3. The Morgan fingerprint density at radius 2 is 1.88 bits per heavy atom. The SMILES string of the molecule is CC1(C)C2=C(CN1C(=O)OCC(O)c1ccccc1)C(NC(=O)C1([Si](C)(C)C)CCC1)=NC2. The van der Waals surface area contributed by atoms with Crippen LogP contribution in [0.1, 0.15) is 44.8 Å². The molecule has 1 unspecified atom stereocenters. The highest BCUT2D eigenvalue weighted by Crippen LogP contribution is 2.55. The molecule has 178 valence electrons. The summed E-state index contributed by atoms with van der Waals surface area (Å²) in [5, 5.41) is 13.2. The highest BCUT2D eigenvalue weighted by molar-refractivity contribution is 6.82. The number of amides is 2. The molecule has 33 heavy (non-hydrogen) atoms. The molecule has 1 atom stereocenters. The molecular weight excluding hydrogens is 434 g/mol. The second kappa shape index (κ2) is 8.40. The summed E-state index contributed by atoms with van der Waals surface area (Å²) < 4.78 is 5.47. The lowest BCUT2D eigenvalue weighted by molar-refractivity contribution is -0.125. The third kappa shape index (κ3) is 4.03. The number of amidine groups is 1. The van der Waals surface area contributed by atoms with Crippen molar-refractivity contribution in [2.24, 2.45) is 4.99 Å². The Morgan fingerprint density at radius 1 is 1.21 bits per heavy atom. The smallest absolute Gasteiger partial charge is 0.410 e. The van der Waals surface area contributed by atoms with E-state index in [1.54, 1.807) is 17.0 Å². The van der Waals surface area contributed by atoms with Crippen molar-refractivity contribution in [3.63, 3.8) is 0 Å². The summed E-state index contributed by atoms with van der Waals surface area (Å²) >= 11 is 0. The number of benzene rings is 1. The summed E-state index contributed by atoms with van der Waals surface area (Å²) in [5.41, 5.74) is 2.08. The van der Waals surface area contributed by atoms with Gasteiger partial charge < -0.3 is 15.2 Å². The molecule has 4 rings (SSSR count). The van der Waals surface area contributed by atoms with E-state index in [9.17, 15) is 14.7 Å². The normalized spacial score (nSPS) is 21.8. The first-order valence-electron chi connectivity index (χ1n) is 11.7. The van der Waals surface area contributed by atoms with Gasteiger partial charge in [-0.15, -0.1) is 0 Å². The minimum absolute atomic E-state index is 0.0882. The monoisotopic (exact) mass is 469 g/mol. The Kier molecular flexibility index (Phi) is 6.03. The van der Waals surface area contributed by atoms with Crippen molar-refractivity contribution in [3.05, 3.63) is 47.0 Å². The Morgan fingerprint density at radius 3 is 2.45 bits per heavy atom. The first-order valence-corrected chi connectivity index (χ1v) is 15.2. The zero-order chi connectivity index (χ0) is 24.0. The summed E-state index contributed by atoms with van der Waals surface area (Å²) in [6.45, 7) is 11.4. The molecule has 1 saturated carbocycles. The van der Waals surface area contributed by atoms with Crippen LogP contribution in [0.25, 0.3) is 0 Å². The molecule has 1 aliphatic carbocycles. The number of aliphatic imine (C=N–C) groups is 1. The maximum Gasteiger partial charge on any atom is 0.410 e. The molecule has 2 N–H and O–H groups in total. The van der Waals surface area contributed by atoms with Gasteiger partial charge in [0.1, 0.15) is 18.5 Å². The Labute approximate surface area is 196 Å². The molecule has 0 spiro atoms. The summed E-state index contributed by atoms with van der Waals surface area (Å²) in [6, 6.07) is 9.15. The minimum Gasteiger partial charge on any atom is -0.446 e. The first-order chi connectivity index (χ1) is 15.5. The van der Waals surface area contributed by atoms with Gasteiger partial charge in [0, 0.05) is 10.6 Å². The van der Waals surface area contributed by atoms with Crippen molar-refractivity contribution < 1.29 is 19.4 Å². The van der Waals surface area contributed by atoms with Crippen LogP contribution >= 0.6 is 0 Å². The number of carbonyl (C=O) groups excluding carboxylic acids is 2. The van der Waals surface area contributed by atoms with E-state index >= 15 is 0 Å². The average molecular weight is 470 g/mol. The summed E-state index contributed by atoms with van der Waals surface area (Å²) in [5.74, 6) is 0.692. The molecule has 2 heterocycles. The van der Waals surface area contributed by atoms with Crippen molar-refractivity contribution in [3.8, 4) is 0 Å². The Balaban J connectivity index is 1.42. The molecule has 1 fully saturated rings. The molecule has 3 aliphatic rings. The summed E-state index contributed by atoms with van der Waals surface area (Å²) in [6.07, 6.45) is 1.63. The highest BCUT2D eigenvalue weighted by atomic mass is 28.3. The van der Waals surface area contributed by atoms with Crippen LogP contribution in [0.3, 0.4) is 0 Å². The van der Waals surface area contributed by atoms with Gasteiger partial charge in [-0.05, 0) is 37.8 Å². The first kappa shape index (κ1) is 23.7. The number of nitrogens with one attached hydrogen (secondary N) is 1. The van der Waals surface area contributed by atoms with Crippen molar-refractivity contribution in [1.29, 1.82) is 0 Å². The molecule has 0 bridgehead atoms. The van der Waals surface area contributed by atoms with E-state index in [-0.39, 0.29) is 17.6 Å². The van der Waals surface area contributed by atoms with Crippen LogP contribution in [0.2, 0.25) is 24.7 Å². The molecule has 0 aromatic heterocycles. The van der Waals surface area contributed by atoms with E-state index in [0.29, 0.717) is 24.5 Å². The predicted molar refractivity (Wildman–Crippen MR) is 131 cm³/mol. The predicted octanol–water partition coefficient (Wildman–Crippen LogP) is 4.04. The van der Waals surface area contributed by atoms with Crippen LogP contribution in [0, 0.1) is 0 Å². The van der Waals surface area contributed by atoms with Gasteiger partial charge in [0.25, 0.3) is 0 Å². The summed E-state index contributed by atoms with van der Waals surface area (Å²) in [4.78, 5) is 32.5. The van der Waals surface area contributed by atoms with E-state index in [1.165, 1.54) is 0 Å². The number of rotatable bonds is 5. The third-order valence-corrected chi connectivity index (χ3v) is 11.5. The van der Waals surface area contributed by atoms with Gasteiger partial charge in [-0.25, -0.2) is 4.79 Å². The molecule has 1 aromatic carbocycles. The van der Waals surface area contributed by atoms with Crippen molar-refractivity contribution in [1.82, 2.24) is 10.2 Å². The Hall–Kier alpha value is -2.45. The number of carbonyl (C=O) groups is 2. The van der Waals surface area contributed by atoms with Gasteiger partial charge in [-0.1, -0.05) is 56.4 Å². The number of aliphatic hydroxyl groups excluding tert-OH is 1. The maximum absolute atomic E-state index is 13.3. The van der Waals surface area contributed by atoms with Crippen LogP contribution in [0.5, 0.6) is 0 Å². The second-order valence-electron chi connectivity index (χ2n) is 10.9. The highest BCUT2D eigenvalue weighted by Gasteiger charge is 2.54. The molecule has 0 radical (unpaired) electrons. The standard InChI is InChI=1S/C25H35N3O4Si/c1-24(2)19-14-26-21(27-22(30)25(12-9-13-25)33(3,4)5)18(19)15-28(24)23(31)32-16-20(29)17-10-7-6-8-11-17/h6-8,10-11,20,29H,9,12-16H2,1-5H3,(H,26,27,30). The maximum atomic E-state index is 13.3.